The van der Waals surface area contributed by atoms with E-state index in [1.807, 2.05) is 37.0 Å². The van der Waals surface area contributed by atoms with Crippen molar-refractivity contribution in [3.8, 4) is 11.3 Å². The van der Waals surface area contributed by atoms with Crippen LogP contribution in [-0.2, 0) is 10.2 Å². The van der Waals surface area contributed by atoms with E-state index >= 15 is 0 Å². The third-order valence-electron chi connectivity index (χ3n) is 6.57. The van der Waals surface area contributed by atoms with Crippen molar-refractivity contribution in [3.05, 3.63) is 34.3 Å². The van der Waals surface area contributed by atoms with E-state index < -0.39 is 5.60 Å². The highest BCUT2D eigenvalue weighted by molar-refractivity contribution is 7.21. The summed E-state index contributed by atoms with van der Waals surface area (Å²) < 4.78 is 6.82. The van der Waals surface area contributed by atoms with Gasteiger partial charge < -0.3 is 9.64 Å². The molecule has 2 aliphatic rings. The van der Waals surface area contributed by atoms with Gasteiger partial charge in [-0.1, -0.05) is 33.7 Å². The van der Waals surface area contributed by atoms with Gasteiger partial charge in [-0.3, -0.25) is 0 Å². The Balaban J connectivity index is 1.55. The predicted octanol–water partition coefficient (Wildman–Crippen LogP) is 6.48. The second-order valence-corrected chi connectivity index (χ2v) is 12.7. The number of thiazole rings is 1. The summed E-state index contributed by atoms with van der Waals surface area (Å²) in [5.74, 6) is 1.12. The molecule has 0 N–H and O–H groups in total. The first-order valence-electron chi connectivity index (χ1n) is 12.4. The lowest BCUT2D eigenvalue weighted by Gasteiger charge is -2.32. The van der Waals surface area contributed by atoms with Crippen LogP contribution < -0.4 is 4.78 Å². The quantitative estimate of drug-likeness (QED) is 0.486. The topological polar surface area (TPSA) is 42.4 Å². The van der Waals surface area contributed by atoms with Crippen LogP contribution in [0, 0.1) is 0 Å². The molecule has 1 aromatic carbocycles. The molecular weight excluding hydrogens is 427 g/mol. The van der Waals surface area contributed by atoms with Crippen LogP contribution >= 0.6 is 11.3 Å². The summed E-state index contributed by atoms with van der Waals surface area (Å²) >= 11 is 1.82. The molecule has 0 spiro atoms. The van der Waals surface area contributed by atoms with E-state index in [0.29, 0.717) is 5.92 Å². The minimum atomic E-state index is -0.453. The molecule has 2 aromatic rings. The van der Waals surface area contributed by atoms with Gasteiger partial charge >= 0.3 is 6.09 Å². The molecule has 1 amide bonds. The largest absolute Gasteiger partial charge is 0.444 e. The van der Waals surface area contributed by atoms with Crippen molar-refractivity contribution in [3.63, 3.8) is 0 Å². The molecule has 1 saturated carbocycles. The van der Waals surface area contributed by atoms with E-state index in [1.54, 1.807) is 0 Å². The maximum absolute atomic E-state index is 12.4. The Hall–Kier alpha value is -1.82. The summed E-state index contributed by atoms with van der Waals surface area (Å²) in [6, 6.07) is 7.14. The number of likely N-dealkylation sites (tertiary alicyclic amines) is 1. The number of rotatable bonds is 4. The fraction of sp³-hybridized carbons (Fsp3) is 0.630. The Morgan fingerprint density at radius 3 is 2.24 bits per heavy atom. The van der Waals surface area contributed by atoms with Gasteiger partial charge in [0.2, 0.25) is 0 Å². The zero-order valence-corrected chi connectivity index (χ0v) is 22.1. The third-order valence-corrected chi connectivity index (χ3v) is 7.85. The summed E-state index contributed by atoms with van der Waals surface area (Å²) in [7, 11) is 2.20. The molecule has 6 heteroatoms. The molecule has 0 unspecified atom stereocenters. The predicted molar refractivity (Wildman–Crippen MR) is 139 cm³/mol. The lowest BCUT2D eigenvalue weighted by molar-refractivity contribution is 0.0205. The summed E-state index contributed by atoms with van der Waals surface area (Å²) in [5, 5.41) is 1.20. The first kappa shape index (κ1) is 24.3. The first-order valence-corrected chi connectivity index (χ1v) is 13.2. The van der Waals surface area contributed by atoms with Gasteiger partial charge in [0, 0.05) is 24.6 Å². The monoisotopic (exact) mass is 465 g/mol. The average molecular weight is 465 g/mol. The van der Waals surface area contributed by atoms with Crippen LogP contribution in [0.15, 0.2) is 18.2 Å². The molecule has 177 valence electrons. The van der Waals surface area contributed by atoms with Crippen LogP contribution in [0.5, 0.6) is 0 Å². The van der Waals surface area contributed by atoms with E-state index in [2.05, 4.69) is 53.1 Å². The lowest BCUT2D eigenvalue weighted by Crippen LogP contribution is -2.41. The van der Waals surface area contributed by atoms with Crippen LogP contribution in [-0.4, -0.2) is 41.9 Å². The molecule has 2 fully saturated rings. The molecule has 1 aromatic heterocycles. The van der Waals surface area contributed by atoms with Crippen molar-refractivity contribution < 1.29 is 9.53 Å². The van der Waals surface area contributed by atoms with Crippen molar-refractivity contribution in [1.82, 2.24) is 9.88 Å². The molecule has 4 nitrogen and oxygen atoms in total. The summed E-state index contributed by atoms with van der Waals surface area (Å²) in [4.78, 5) is 19.5. The zero-order chi connectivity index (χ0) is 24.0. The Bertz CT molecular complexity index is 1010. The maximum atomic E-state index is 12.4. The van der Waals surface area contributed by atoms with Gasteiger partial charge in [0.15, 0.2) is 7.28 Å². The van der Waals surface area contributed by atoms with Crippen molar-refractivity contribution in [2.45, 2.75) is 96.9 Å². The second-order valence-electron chi connectivity index (χ2n) is 11.7. The summed E-state index contributed by atoms with van der Waals surface area (Å²) in [6.45, 7) is 16.2. The Morgan fingerprint density at radius 1 is 1.03 bits per heavy atom. The van der Waals surface area contributed by atoms with Crippen LogP contribution in [0.4, 0.5) is 4.79 Å². The number of carbonyl (C=O) groups is 1. The van der Waals surface area contributed by atoms with E-state index in [4.69, 9.17) is 9.72 Å². The molecule has 0 bridgehead atoms. The Kier molecular flexibility index (Phi) is 6.70. The number of hydrogen-bond acceptors (Lipinski definition) is 4. The van der Waals surface area contributed by atoms with Crippen LogP contribution in [0.1, 0.15) is 95.2 Å². The number of piperidine rings is 1. The van der Waals surface area contributed by atoms with Crippen LogP contribution in [0.3, 0.4) is 0 Å². The molecule has 1 aliphatic carbocycles. The van der Waals surface area contributed by atoms with E-state index in [-0.39, 0.29) is 11.5 Å². The number of benzene rings is 1. The Morgan fingerprint density at radius 2 is 1.70 bits per heavy atom. The van der Waals surface area contributed by atoms with Gasteiger partial charge in [-0.25, -0.2) is 9.78 Å². The highest BCUT2D eigenvalue weighted by atomic mass is 32.1. The van der Waals surface area contributed by atoms with Gasteiger partial charge in [-0.2, -0.15) is 0 Å². The lowest BCUT2D eigenvalue weighted by atomic mass is 9.77. The van der Waals surface area contributed by atoms with Crippen molar-refractivity contribution >= 4 is 29.5 Å². The van der Waals surface area contributed by atoms with Crippen molar-refractivity contribution in [2.75, 3.05) is 13.1 Å². The highest BCUT2D eigenvalue weighted by Crippen LogP contribution is 2.43. The number of nitrogens with zero attached hydrogens (tertiary/aromatic N) is 2. The average Bonchev–Trinajstić information content (AvgIpc) is 3.50. The number of ether oxygens (including phenoxy) is 1. The number of aromatic nitrogens is 1. The Labute approximate surface area is 204 Å². The van der Waals surface area contributed by atoms with Crippen LogP contribution in [0.25, 0.3) is 11.3 Å². The van der Waals surface area contributed by atoms with Gasteiger partial charge in [0.25, 0.3) is 0 Å². The van der Waals surface area contributed by atoms with Crippen molar-refractivity contribution in [2.24, 2.45) is 0 Å². The zero-order valence-electron chi connectivity index (χ0n) is 21.3. The minimum Gasteiger partial charge on any atom is -0.444 e. The number of amides is 1. The number of hydrogen-bond donors (Lipinski definition) is 0. The third kappa shape index (κ3) is 5.82. The summed E-state index contributed by atoms with van der Waals surface area (Å²) in [6.07, 6.45) is 4.28. The first-order chi connectivity index (χ1) is 15.4. The molecule has 1 aliphatic heterocycles. The fourth-order valence-electron chi connectivity index (χ4n) is 4.44. The van der Waals surface area contributed by atoms with E-state index in [0.717, 1.165) is 37.5 Å². The maximum Gasteiger partial charge on any atom is 0.410 e. The highest BCUT2D eigenvalue weighted by Gasteiger charge is 2.30. The summed E-state index contributed by atoms with van der Waals surface area (Å²) in [5.41, 5.74) is 4.91. The molecular formula is C27H38BN2O2S. The fourth-order valence-corrected chi connectivity index (χ4v) is 5.58. The molecule has 33 heavy (non-hydrogen) atoms. The molecule has 0 atom stereocenters. The normalized spacial score (nSPS) is 17.8. The smallest absolute Gasteiger partial charge is 0.410 e. The van der Waals surface area contributed by atoms with E-state index in [9.17, 15) is 4.79 Å². The van der Waals surface area contributed by atoms with Gasteiger partial charge in [-0.15, -0.1) is 11.3 Å². The van der Waals surface area contributed by atoms with Crippen LogP contribution in [0.2, 0.25) is 6.82 Å². The molecule has 1 radical (unpaired) electrons. The van der Waals surface area contributed by atoms with Gasteiger partial charge in [0.1, 0.15) is 5.60 Å². The van der Waals surface area contributed by atoms with Gasteiger partial charge in [0.05, 0.1) is 10.7 Å². The second kappa shape index (κ2) is 9.09. The van der Waals surface area contributed by atoms with Gasteiger partial charge in [-0.05, 0) is 85.8 Å². The SMILES string of the molecule is C[B]c1sc(C2CCN(C(=O)OC(C)(C)C)CC2)nc1-c1cc(C2CC2)cc(C(C)(C)C)c1. The molecule has 1 saturated heterocycles. The number of carbonyl (C=O) groups excluding carboxylic acids is 1. The van der Waals surface area contributed by atoms with Crippen molar-refractivity contribution in [1.29, 1.82) is 0 Å². The molecule has 2 heterocycles. The molecule has 4 rings (SSSR count). The standard InChI is InChI=1S/C27H38BN2O2S/c1-26(2,3)21-15-19(17-8-9-17)14-20(16-21)22-23(28-7)33-24(29-22)18-10-12-30(13-11-18)25(31)32-27(4,5)6/h14-18H,8-13H2,1-7H3. The van der Waals surface area contributed by atoms with E-state index in [1.165, 1.54) is 39.3 Å². The minimum absolute atomic E-state index is 0.114.